The van der Waals surface area contributed by atoms with Crippen molar-refractivity contribution in [2.24, 2.45) is 7.05 Å². The predicted molar refractivity (Wildman–Crippen MR) is 115 cm³/mol. The smallest absolute Gasteiger partial charge is 0.407 e. The highest BCUT2D eigenvalue weighted by molar-refractivity contribution is 9.10. The SMILES string of the molecule is Cn1c(N2C[C@H](O)C[C@@H](NC(=O)OCc3ccccc3)C2)nc2cc(Br)ccc21. The number of piperidine rings is 1. The van der Waals surface area contributed by atoms with Gasteiger partial charge in [-0.15, -0.1) is 0 Å². The number of alkyl carbamates (subject to hydrolysis) is 1. The quantitative estimate of drug-likeness (QED) is 0.627. The molecule has 2 N–H and O–H groups in total. The third kappa shape index (κ3) is 4.54. The lowest BCUT2D eigenvalue weighted by Gasteiger charge is -2.36. The number of nitrogens with one attached hydrogen (secondary N) is 1. The number of hydrogen-bond donors (Lipinski definition) is 2. The fraction of sp³-hybridized carbons (Fsp3) is 0.333. The van der Waals surface area contributed by atoms with Gasteiger partial charge in [0.15, 0.2) is 0 Å². The van der Waals surface area contributed by atoms with Crippen LogP contribution in [0, 0.1) is 0 Å². The number of nitrogens with zero attached hydrogens (tertiary/aromatic N) is 3. The van der Waals surface area contributed by atoms with Crippen LogP contribution in [-0.2, 0) is 18.4 Å². The molecule has 7 nitrogen and oxygen atoms in total. The highest BCUT2D eigenvalue weighted by atomic mass is 79.9. The Labute approximate surface area is 177 Å². The normalized spacial score (nSPS) is 19.3. The number of carbonyl (C=O) groups excluding carboxylic acids is 1. The summed E-state index contributed by atoms with van der Waals surface area (Å²) in [7, 11) is 1.95. The Kier molecular flexibility index (Phi) is 5.73. The zero-order valence-corrected chi connectivity index (χ0v) is 17.7. The minimum absolute atomic E-state index is 0.214. The van der Waals surface area contributed by atoms with Gasteiger partial charge in [0, 0.05) is 24.6 Å². The summed E-state index contributed by atoms with van der Waals surface area (Å²) in [6, 6.07) is 15.3. The lowest BCUT2D eigenvalue weighted by molar-refractivity contribution is 0.115. The molecule has 3 aromatic rings. The molecule has 2 atom stereocenters. The molecule has 4 rings (SSSR count). The van der Waals surface area contributed by atoms with Crippen molar-refractivity contribution < 1.29 is 14.6 Å². The van der Waals surface area contributed by atoms with Crippen LogP contribution < -0.4 is 10.2 Å². The van der Waals surface area contributed by atoms with Crippen LogP contribution in [-0.4, -0.2) is 46.0 Å². The van der Waals surface area contributed by atoms with Crippen molar-refractivity contribution in [2.75, 3.05) is 18.0 Å². The second kappa shape index (κ2) is 8.42. The summed E-state index contributed by atoms with van der Waals surface area (Å²) in [5, 5.41) is 13.2. The number of aliphatic hydroxyl groups excluding tert-OH is 1. The van der Waals surface area contributed by atoms with Gasteiger partial charge in [-0.3, -0.25) is 0 Å². The Morgan fingerprint density at radius 1 is 1.28 bits per heavy atom. The molecular formula is C21H23BrN4O3. The molecule has 29 heavy (non-hydrogen) atoms. The standard InChI is InChI=1S/C21H23BrN4O3/c1-25-19-8-7-15(22)9-18(19)24-20(25)26-11-16(10-17(27)12-26)23-21(28)29-13-14-5-3-2-4-6-14/h2-9,16-17,27H,10-13H2,1H3,(H,23,28)/t16-,17-/m1/s1. The van der Waals surface area contributed by atoms with Crippen LogP contribution in [0.25, 0.3) is 11.0 Å². The van der Waals surface area contributed by atoms with Crippen LogP contribution in [0.2, 0.25) is 0 Å². The molecule has 1 aliphatic heterocycles. The molecule has 8 heteroatoms. The number of rotatable bonds is 4. The van der Waals surface area contributed by atoms with E-state index >= 15 is 0 Å². The molecular weight excluding hydrogens is 436 g/mol. The third-order valence-corrected chi connectivity index (χ3v) is 5.56. The Bertz CT molecular complexity index is 1010. The van der Waals surface area contributed by atoms with E-state index in [0.717, 1.165) is 27.0 Å². The largest absolute Gasteiger partial charge is 0.445 e. The van der Waals surface area contributed by atoms with Crippen LogP contribution in [0.1, 0.15) is 12.0 Å². The second-order valence-electron chi connectivity index (χ2n) is 7.30. The third-order valence-electron chi connectivity index (χ3n) is 5.07. The molecule has 1 saturated heterocycles. The molecule has 1 amide bonds. The molecule has 1 aliphatic rings. The van der Waals surface area contributed by atoms with Crippen molar-refractivity contribution in [3.05, 3.63) is 58.6 Å². The van der Waals surface area contributed by atoms with Gasteiger partial charge in [-0.25, -0.2) is 9.78 Å². The summed E-state index contributed by atoms with van der Waals surface area (Å²) < 4.78 is 8.29. The van der Waals surface area contributed by atoms with E-state index in [1.54, 1.807) is 0 Å². The van der Waals surface area contributed by atoms with E-state index in [4.69, 9.17) is 9.72 Å². The van der Waals surface area contributed by atoms with Crippen LogP contribution in [0.15, 0.2) is 53.0 Å². The highest BCUT2D eigenvalue weighted by Crippen LogP contribution is 2.26. The number of amides is 1. The van der Waals surface area contributed by atoms with E-state index in [1.165, 1.54) is 0 Å². The van der Waals surface area contributed by atoms with E-state index in [9.17, 15) is 9.90 Å². The maximum Gasteiger partial charge on any atom is 0.407 e. The second-order valence-corrected chi connectivity index (χ2v) is 8.22. The van der Waals surface area contributed by atoms with Gasteiger partial charge in [0.1, 0.15) is 6.61 Å². The minimum Gasteiger partial charge on any atom is -0.445 e. The average molecular weight is 459 g/mol. The number of aliphatic hydroxyl groups is 1. The first-order valence-corrected chi connectivity index (χ1v) is 10.3. The number of aromatic nitrogens is 2. The van der Waals surface area contributed by atoms with Crippen molar-refractivity contribution in [3.8, 4) is 0 Å². The Hall–Kier alpha value is -2.58. The molecule has 0 radical (unpaired) electrons. The van der Waals surface area contributed by atoms with Gasteiger partial charge in [-0.2, -0.15) is 0 Å². The van der Waals surface area contributed by atoms with Gasteiger partial charge in [0.05, 0.1) is 23.2 Å². The molecule has 0 saturated carbocycles. The van der Waals surface area contributed by atoms with Crippen molar-refractivity contribution in [1.29, 1.82) is 0 Å². The van der Waals surface area contributed by atoms with Gasteiger partial charge in [-0.1, -0.05) is 46.3 Å². The van der Waals surface area contributed by atoms with Crippen molar-refractivity contribution in [1.82, 2.24) is 14.9 Å². The highest BCUT2D eigenvalue weighted by Gasteiger charge is 2.30. The average Bonchev–Trinajstić information content (AvgIpc) is 3.02. The van der Waals surface area contributed by atoms with Crippen molar-refractivity contribution in [2.45, 2.75) is 25.2 Å². The maximum absolute atomic E-state index is 12.2. The molecule has 1 fully saturated rings. The zero-order chi connectivity index (χ0) is 20.4. The van der Waals surface area contributed by atoms with Crippen LogP contribution >= 0.6 is 15.9 Å². The summed E-state index contributed by atoms with van der Waals surface area (Å²) in [6.45, 7) is 1.23. The number of β-amino-alcohol motifs (C(OH)–C–C–N with tert-alkyl or cyclic N) is 1. The Balaban J connectivity index is 1.43. The first-order chi connectivity index (χ1) is 14.0. The molecule has 0 unspecified atom stereocenters. The number of anilines is 1. The number of imidazole rings is 1. The Morgan fingerprint density at radius 2 is 2.07 bits per heavy atom. The van der Waals surface area contributed by atoms with E-state index < -0.39 is 12.2 Å². The number of halogens is 1. The number of aryl methyl sites for hydroxylation is 1. The van der Waals surface area contributed by atoms with Gasteiger partial charge in [0.25, 0.3) is 0 Å². The van der Waals surface area contributed by atoms with E-state index in [1.807, 2.05) is 65.0 Å². The van der Waals surface area contributed by atoms with Gasteiger partial charge < -0.3 is 24.6 Å². The van der Waals surface area contributed by atoms with E-state index in [-0.39, 0.29) is 12.6 Å². The maximum atomic E-state index is 12.2. The van der Waals surface area contributed by atoms with Gasteiger partial charge in [-0.05, 0) is 30.2 Å². The van der Waals surface area contributed by atoms with Crippen molar-refractivity contribution >= 4 is 39.0 Å². The molecule has 0 bridgehead atoms. The number of ether oxygens (including phenoxy) is 1. The zero-order valence-electron chi connectivity index (χ0n) is 16.1. The first kappa shape index (κ1) is 19.7. The number of benzene rings is 2. The molecule has 2 aromatic carbocycles. The predicted octanol–water partition coefficient (Wildman–Crippen LogP) is 3.20. The minimum atomic E-state index is -0.560. The molecule has 1 aromatic heterocycles. The summed E-state index contributed by atoms with van der Waals surface area (Å²) in [4.78, 5) is 18.9. The van der Waals surface area contributed by atoms with Gasteiger partial charge >= 0.3 is 6.09 Å². The number of hydrogen-bond acceptors (Lipinski definition) is 5. The Morgan fingerprint density at radius 3 is 2.86 bits per heavy atom. The summed E-state index contributed by atoms with van der Waals surface area (Å²) in [5.74, 6) is 0.765. The number of carbonyl (C=O) groups is 1. The molecule has 152 valence electrons. The monoisotopic (exact) mass is 458 g/mol. The van der Waals surface area contributed by atoms with Crippen LogP contribution in [0.4, 0.5) is 10.7 Å². The van der Waals surface area contributed by atoms with Crippen LogP contribution in [0.3, 0.4) is 0 Å². The van der Waals surface area contributed by atoms with Crippen LogP contribution in [0.5, 0.6) is 0 Å². The number of fused-ring (bicyclic) bond motifs is 1. The lowest BCUT2D eigenvalue weighted by atomic mass is 10.0. The van der Waals surface area contributed by atoms with E-state index in [0.29, 0.717) is 19.5 Å². The fourth-order valence-electron chi connectivity index (χ4n) is 3.71. The fourth-order valence-corrected chi connectivity index (χ4v) is 4.06. The summed E-state index contributed by atoms with van der Waals surface area (Å²) in [6.07, 6.45) is -0.566. The summed E-state index contributed by atoms with van der Waals surface area (Å²) >= 11 is 3.48. The van der Waals surface area contributed by atoms with Crippen molar-refractivity contribution in [3.63, 3.8) is 0 Å². The van der Waals surface area contributed by atoms with Gasteiger partial charge in [0.2, 0.25) is 5.95 Å². The first-order valence-electron chi connectivity index (χ1n) is 9.52. The summed E-state index contributed by atoms with van der Waals surface area (Å²) in [5.41, 5.74) is 2.82. The van der Waals surface area contributed by atoms with E-state index in [2.05, 4.69) is 21.2 Å². The molecule has 0 spiro atoms. The molecule has 0 aliphatic carbocycles. The molecule has 2 heterocycles. The lowest BCUT2D eigenvalue weighted by Crippen LogP contribution is -2.53. The topological polar surface area (TPSA) is 79.6 Å².